The minimum absolute atomic E-state index is 0.825. The van der Waals surface area contributed by atoms with E-state index in [0.29, 0.717) is 0 Å². The molecule has 0 atom stereocenters. The molecular weight excluding hydrogens is 252 g/mol. The average Bonchev–Trinajstić information content (AvgIpc) is 2.43. The van der Waals surface area contributed by atoms with Crippen molar-refractivity contribution >= 4 is 11.6 Å². The summed E-state index contributed by atoms with van der Waals surface area (Å²) in [4.78, 5) is 0. The fraction of sp³-hybridized carbons (Fsp3) is 0.778. The lowest BCUT2D eigenvalue weighted by molar-refractivity contribution is 0.580. The highest BCUT2D eigenvalue weighted by molar-refractivity contribution is 6.17. The highest BCUT2D eigenvalue weighted by Gasteiger charge is 1.91. The van der Waals surface area contributed by atoms with Crippen LogP contribution >= 0.6 is 11.6 Å². The summed E-state index contributed by atoms with van der Waals surface area (Å²) in [6.07, 6.45) is 19.6. The van der Waals surface area contributed by atoms with E-state index < -0.39 is 0 Å². The summed E-state index contributed by atoms with van der Waals surface area (Å²) in [6.45, 7) is 2.22. The maximum Gasteiger partial charge on any atom is 0.0223 e. The third kappa shape index (κ3) is 17.6. The Bertz CT molecular complexity index is 244. The van der Waals surface area contributed by atoms with Crippen LogP contribution in [0.1, 0.15) is 84.0 Å². The van der Waals surface area contributed by atoms with Crippen molar-refractivity contribution in [1.29, 1.82) is 0 Å². The molecule has 0 rings (SSSR count). The molecule has 0 unspecified atom stereocenters. The molecule has 0 bridgehead atoms. The molecule has 0 amide bonds. The lowest BCUT2D eigenvalue weighted by Crippen LogP contribution is -1.81. The summed E-state index contributed by atoms with van der Waals surface area (Å²) >= 11 is 5.64. The van der Waals surface area contributed by atoms with E-state index >= 15 is 0 Å². The van der Waals surface area contributed by atoms with Gasteiger partial charge in [0.25, 0.3) is 0 Å². The van der Waals surface area contributed by atoms with E-state index in [1.54, 1.807) is 0 Å². The molecule has 0 aliphatic heterocycles. The van der Waals surface area contributed by atoms with Gasteiger partial charge < -0.3 is 0 Å². The van der Waals surface area contributed by atoms with Gasteiger partial charge in [-0.05, 0) is 25.3 Å². The lowest BCUT2D eigenvalue weighted by Gasteiger charge is -1.99. The topological polar surface area (TPSA) is 0 Å². The molecule has 19 heavy (non-hydrogen) atoms. The Hall–Kier alpha value is -0.410. The standard InChI is InChI=1S/C18H31Cl/c1-2-3-4-5-6-7-8-9-10-11-12-13-14-15-16-17-18-19/h5-6H,2-4,9-18H2,1H3/b6-5-. The smallest absolute Gasteiger partial charge is 0.0223 e. The monoisotopic (exact) mass is 282 g/mol. The number of unbranched alkanes of at least 4 members (excludes halogenated alkanes) is 10. The zero-order valence-electron chi connectivity index (χ0n) is 12.7. The molecule has 0 aliphatic carbocycles. The molecule has 0 aromatic rings. The van der Waals surface area contributed by atoms with Crippen LogP contribution in [-0.4, -0.2) is 5.88 Å². The Kier molecular flexibility index (Phi) is 17.2. The van der Waals surface area contributed by atoms with E-state index in [1.165, 1.54) is 70.6 Å². The third-order valence-electron chi connectivity index (χ3n) is 3.21. The van der Waals surface area contributed by atoms with Crippen LogP contribution in [-0.2, 0) is 0 Å². The summed E-state index contributed by atoms with van der Waals surface area (Å²) in [7, 11) is 0. The van der Waals surface area contributed by atoms with Crippen molar-refractivity contribution in [3.8, 4) is 11.8 Å². The second kappa shape index (κ2) is 17.6. The predicted octanol–water partition coefficient (Wildman–Crippen LogP) is 6.49. The van der Waals surface area contributed by atoms with Gasteiger partial charge in [0.2, 0.25) is 0 Å². The van der Waals surface area contributed by atoms with Crippen LogP contribution in [0, 0.1) is 11.8 Å². The second-order valence-corrected chi connectivity index (χ2v) is 5.51. The van der Waals surface area contributed by atoms with Crippen LogP contribution in [0.2, 0.25) is 0 Å². The predicted molar refractivity (Wildman–Crippen MR) is 88.7 cm³/mol. The molecule has 0 radical (unpaired) electrons. The van der Waals surface area contributed by atoms with Gasteiger partial charge in [-0.2, -0.15) is 0 Å². The van der Waals surface area contributed by atoms with Gasteiger partial charge in [-0.1, -0.05) is 76.2 Å². The number of alkyl halides is 1. The fourth-order valence-corrected chi connectivity index (χ4v) is 2.15. The van der Waals surface area contributed by atoms with E-state index in [9.17, 15) is 0 Å². The minimum atomic E-state index is 0.825. The maximum atomic E-state index is 5.64. The molecule has 0 aromatic carbocycles. The van der Waals surface area contributed by atoms with E-state index in [2.05, 4.69) is 24.8 Å². The summed E-state index contributed by atoms with van der Waals surface area (Å²) < 4.78 is 0. The van der Waals surface area contributed by atoms with Gasteiger partial charge in [0.15, 0.2) is 0 Å². The van der Waals surface area contributed by atoms with Crippen LogP contribution in [0.15, 0.2) is 12.2 Å². The number of halogens is 1. The Morgan fingerprint density at radius 1 is 0.842 bits per heavy atom. The van der Waals surface area contributed by atoms with Crippen molar-refractivity contribution in [3.63, 3.8) is 0 Å². The van der Waals surface area contributed by atoms with Crippen LogP contribution in [0.4, 0.5) is 0 Å². The minimum Gasteiger partial charge on any atom is -0.127 e. The Balaban J connectivity index is 3.14. The molecule has 0 saturated carbocycles. The number of rotatable bonds is 12. The number of hydrogen-bond acceptors (Lipinski definition) is 0. The third-order valence-corrected chi connectivity index (χ3v) is 3.48. The molecule has 0 N–H and O–H groups in total. The maximum absolute atomic E-state index is 5.64. The molecule has 0 nitrogen and oxygen atoms in total. The van der Waals surface area contributed by atoms with Crippen molar-refractivity contribution in [2.24, 2.45) is 0 Å². The van der Waals surface area contributed by atoms with Crippen LogP contribution < -0.4 is 0 Å². The van der Waals surface area contributed by atoms with Gasteiger partial charge in [-0.3, -0.25) is 0 Å². The highest BCUT2D eigenvalue weighted by Crippen LogP contribution is 2.09. The molecule has 0 spiro atoms. The first-order chi connectivity index (χ1) is 9.41. The largest absolute Gasteiger partial charge is 0.127 e. The average molecular weight is 283 g/mol. The van der Waals surface area contributed by atoms with E-state index in [1.807, 2.05) is 6.08 Å². The molecule has 0 aliphatic rings. The van der Waals surface area contributed by atoms with Crippen molar-refractivity contribution < 1.29 is 0 Å². The van der Waals surface area contributed by atoms with E-state index in [0.717, 1.165) is 12.3 Å². The van der Waals surface area contributed by atoms with Crippen molar-refractivity contribution in [3.05, 3.63) is 12.2 Å². The first kappa shape index (κ1) is 18.6. The van der Waals surface area contributed by atoms with Crippen molar-refractivity contribution in [2.75, 3.05) is 5.88 Å². The Morgan fingerprint density at radius 3 is 2.11 bits per heavy atom. The lowest BCUT2D eigenvalue weighted by atomic mass is 10.1. The van der Waals surface area contributed by atoms with E-state index in [-0.39, 0.29) is 0 Å². The zero-order valence-corrected chi connectivity index (χ0v) is 13.5. The molecular formula is C18H31Cl. The first-order valence-corrected chi connectivity index (χ1v) is 8.64. The van der Waals surface area contributed by atoms with Crippen molar-refractivity contribution in [2.45, 2.75) is 84.0 Å². The van der Waals surface area contributed by atoms with E-state index in [4.69, 9.17) is 11.6 Å². The molecule has 0 fully saturated rings. The zero-order chi connectivity index (χ0) is 14.0. The van der Waals surface area contributed by atoms with Gasteiger partial charge >= 0.3 is 0 Å². The van der Waals surface area contributed by atoms with Gasteiger partial charge in [0.05, 0.1) is 0 Å². The van der Waals surface area contributed by atoms with Crippen LogP contribution in [0.5, 0.6) is 0 Å². The molecule has 0 saturated heterocycles. The van der Waals surface area contributed by atoms with Gasteiger partial charge in [0, 0.05) is 12.3 Å². The molecule has 0 aromatic heterocycles. The summed E-state index contributed by atoms with van der Waals surface area (Å²) in [6, 6.07) is 0. The van der Waals surface area contributed by atoms with Crippen molar-refractivity contribution in [1.82, 2.24) is 0 Å². The quantitative estimate of drug-likeness (QED) is 0.218. The first-order valence-electron chi connectivity index (χ1n) is 8.11. The number of hydrogen-bond donors (Lipinski definition) is 0. The summed E-state index contributed by atoms with van der Waals surface area (Å²) in [5.41, 5.74) is 0. The fourth-order valence-electron chi connectivity index (χ4n) is 1.96. The molecule has 0 heterocycles. The van der Waals surface area contributed by atoms with Crippen LogP contribution in [0.25, 0.3) is 0 Å². The Morgan fingerprint density at radius 2 is 1.47 bits per heavy atom. The Labute approximate surface area is 126 Å². The summed E-state index contributed by atoms with van der Waals surface area (Å²) in [5.74, 6) is 7.18. The summed E-state index contributed by atoms with van der Waals surface area (Å²) in [5, 5.41) is 0. The highest BCUT2D eigenvalue weighted by atomic mass is 35.5. The van der Waals surface area contributed by atoms with Gasteiger partial charge in [-0.15, -0.1) is 11.6 Å². The SMILES string of the molecule is CCCC/C=C\C#CCCCCCCCCCCCl. The second-order valence-electron chi connectivity index (χ2n) is 5.13. The molecule has 110 valence electrons. The van der Waals surface area contributed by atoms with Gasteiger partial charge in [-0.25, -0.2) is 0 Å². The van der Waals surface area contributed by atoms with Crippen LogP contribution in [0.3, 0.4) is 0 Å². The van der Waals surface area contributed by atoms with Gasteiger partial charge in [0.1, 0.15) is 0 Å². The normalized spacial score (nSPS) is 10.6. The number of allylic oxidation sites excluding steroid dienone is 2. The molecule has 1 heteroatoms.